The van der Waals surface area contributed by atoms with Crippen molar-refractivity contribution >= 4 is 15.8 Å². The Bertz CT molecular complexity index is 750. The highest BCUT2D eigenvalue weighted by Gasteiger charge is 2.30. The zero-order valence-electron chi connectivity index (χ0n) is 13.9. The van der Waals surface area contributed by atoms with Crippen LogP contribution in [0.25, 0.3) is 0 Å². The van der Waals surface area contributed by atoms with Gasteiger partial charge in [0.25, 0.3) is 0 Å². The molecule has 1 aliphatic heterocycles. The fourth-order valence-electron chi connectivity index (χ4n) is 3.11. The smallest absolute Gasteiger partial charge is 0.218 e. The molecule has 3 rings (SSSR count). The van der Waals surface area contributed by atoms with Crippen LogP contribution in [-0.4, -0.2) is 43.9 Å². The molecule has 2 heterocycles. The molecule has 128 valence electrons. The van der Waals surface area contributed by atoms with E-state index in [1.165, 1.54) is 0 Å². The van der Waals surface area contributed by atoms with Crippen LogP contribution in [0, 0.1) is 0 Å². The van der Waals surface area contributed by atoms with Crippen molar-refractivity contribution in [1.82, 2.24) is 9.29 Å². The van der Waals surface area contributed by atoms with Gasteiger partial charge >= 0.3 is 0 Å². The van der Waals surface area contributed by atoms with Crippen LogP contribution in [-0.2, 0) is 15.8 Å². The van der Waals surface area contributed by atoms with Crippen molar-refractivity contribution in [3.63, 3.8) is 0 Å². The predicted octanol–water partition coefficient (Wildman–Crippen LogP) is 2.51. The van der Waals surface area contributed by atoms with Crippen molar-refractivity contribution < 1.29 is 8.42 Å². The van der Waals surface area contributed by atoms with Crippen molar-refractivity contribution in [2.75, 3.05) is 25.0 Å². The molecule has 1 fully saturated rings. The van der Waals surface area contributed by atoms with Crippen LogP contribution >= 0.6 is 0 Å². The number of likely N-dealkylation sites (N-methyl/N-ethyl adjacent to an activating group) is 1. The molecule has 0 spiro atoms. The summed E-state index contributed by atoms with van der Waals surface area (Å²) in [7, 11) is -1.63. The average Bonchev–Trinajstić information content (AvgIpc) is 2.62. The van der Waals surface area contributed by atoms with Crippen LogP contribution < -0.4 is 4.90 Å². The molecule has 0 saturated carbocycles. The molecule has 1 atom stereocenters. The van der Waals surface area contributed by atoms with E-state index in [1.807, 2.05) is 48.5 Å². The number of piperidine rings is 1. The van der Waals surface area contributed by atoms with E-state index in [2.05, 4.69) is 9.88 Å². The van der Waals surface area contributed by atoms with Crippen LogP contribution in [0.3, 0.4) is 0 Å². The second-order valence-corrected chi connectivity index (χ2v) is 8.22. The lowest BCUT2D eigenvalue weighted by Crippen LogP contribution is -2.49. The van der Waals surface area contributed by atoms with Gasteiger partial charge in [-0.2, -0.15) is 4.31 Å². The van der Waals surface area contributed by atoms with Crippen LogP contribution in [0.1, 0.15) is 18.4 Å². The second kappa shape index (κ2) is 7.32. The molecule has 6 heteroatoms. The number of sulfonamides is 1. The standard InChI is InChI=1S/C18H23N3O2S/c1-20(24(22,23)15-16-8-3-2-4-9-16)17-10-7-13-21(14-17)18-11-5-6-12-19-18/h2-6,8-9,11-12,17H,7,10,13-15H2,1H3. The molecule has 1 aromatic heterocycles. The van der Waals surface area contributed by atoms with Gasteiger partial charge in [-0.15, -0.1) is 0 Å². The summed E-state index contributed by atoms with van der Waals surface area (Å²) in [5.41, 5.74) is 0.821. The first kappa shape index (κ1) is 16.9. The maximum absolute atomic E-state index is 12.7. The van der Waals surface area contributed by atoms with E-state index in [4.69, 9.17) is 0 Å². The number of benzene rings is 1. The molecule has 0 N–H and O–H groups in total. The highest BCUT2D eigenvalue weighted by atomic mass is 32.2. The Kier molecular flexibility index (Phi) is 5.16. The fourth-order valence-corrected chi connectivity index (χ4v) is 4.56. The first-order chi connectivity index (χ1) is 11.6. The minimum atomic E-state index is -3.33. The van der Waals surface area contributed by atoms with E-state index >= 15 is 0 Å². The van der Waals surface area contributed by atoms with Crippen molar-refractivity contribution in [2.45, 2.75) is 24.6 Å². The Morgan fingerprint density at radius 2 is 1.92 bits per heavy atom. The maximum atomic E-state index is 12.7. The molecular weight excluding hydrogens is 322 g/mol. The molecule has 2 aromatic rings. The van der Waals surface area contributed by atoms with Gasteiger partial charge in [0, 0.05) is 32.4 Å². The van der Waals surface area contributed by atoms with Gasteiger partial charge in [0.2, 0.25) is 10.0 Å². The summed E-state index contributed by atoms with van der Waals surface area (Å²) in [6.07, 6.45) is 3.62. The van der Waals surface area contributed by atoms with Crippen LogP contribution in [0.2, 0.25) is 0 Å². The zero-order chi connectivity index (χ0) is 17.0. The monoisotopic (exact) mass is 345 g/mol. The van der Waals surface area contributed by atoms with Crippen LogP contribution in [0.4, 0.5) is 5.82 Å². The van der Waals surface area contributed by atoms with Crippen molar-refractivity contribution in [2.24, 2.45) is 0 Å². The predicted molar refractivity (Wildman–Crippen MR) is 96.3 cm³/mol. The first-order valence-corrected chi connectivity index (χ1v) is 9.83. The summed E-state index contributed by atoms with van der Waals surface area (Å²) < 4.78 is 27.0. The third-order valence-electron chi connectivity index (χ3n) is 4.51. The van der Waals surface area contributed by atoms with E-state index in [-0.39, 0.29) is 11.8 Å². The van der Waals surface area contributed by atoms with Crippen molar-refractivity contribution in [3.05, 3.63) is 60.3 Å². The second-order valence-electron chi connectivity index (χ2n) is 6.19. The summed E-state index contributed by atoms with van der Waals surface area (Å²) in [4.78, 5) is 6.55. The normalized spacial score (nSPS) is 18.8. The largest absolute Gasteiger partial charge is 0.355 e. The Morgan fingerprint density at radius 1 is 1.17 bits per heavy atom. The molecule has 1 aromatic carbocycles. The van der Waals surface area contributed by atoms with Gasteiger partial charge in [0.05, 0.1) is 5.75 Å². The number of hydrogen-bond donors (Lipinski definition) is 0. The molecule has 0 amide bonds. The quantitative estimate of drug-likeness (QED) is 0.835. The number of hydrogen-bond acceptors (Lipinski definition) is 4. The maximum Gasteiger partial charge on any atom is 0.218 e. The van der Waals surface area contributed by atoms with Gasteiger partial charge < -0.3 is 4.90 Å². The molecule has 0 bridgehead atoms. The molecule has 24 heavy (non-hydrogen) atoms. The van der Waals surface area contributed by atoms with Gasteiger partial charge in [0.1, 0.15) is 5.82 Å². The minimum absolute atomic E-state index is 0.0190. The van der Waals surface area contributed by atoms with Gasteiger partial charge in [-0.1, -0.05) is 36.4 Å². The Labute approximate surface area is 144 Å². The number of rotatable bonds is 5. The first-order valence-electron chi connectivity index (χ1n) is 8.22. The van der Waals surface area contributed by atoms with E-state index in [0.717, 1.165) is 30.8 Å². The number of nitrogens with zero attached hydrogens (tertiary/aromatic N) is 3. The lowest BCUT2D eigenvalue weighted by molar-refractivity contribution is 0.319. The lowest BCUT2D eigenvalue weighted by Gasteiger charge is -2.37. The van der Waals surface area contributed by atoms with Crippen molar-refractivity contribution in [1.29, 1.82) is 0 Å². The SMILES string of the molecule is CN(C1CCCN(c2ccccn2)C1)S(=O)(=O)Cc1ccccc1. The van der Waals surface area contributed by atoms with Gasteiger partial charge in [-0.05, 0) is 30.5 Å². The summed E-state index contributed by atoms with van der Waals surface area (Å²) in [6.45, 7) is 1.60. The topological polar surface area (TPSA) is 53.5 Å². The third kappa shape index (κ3) is 3.94. The number of aromatic nitrogens is 1. The van der Waals surface area contributed by atoms with Crippen LogP contribution in [0.5, 0.6) is 0 Å². The lowest BCUT2D eigenvalue weighted by atomic mass is 10.1. The summed E-state index contributed by atoms with van der Waals surface area (Å²) >= 11 is 0. The molecule has 1 unspecified atom stereocenters. The van der Waals surface area contributed by atoms with E-state index < -0.39 is 10.0 Å². The Hall–Kier alpha value is -1.92. The molecule has 1 aliphatic rings. The van der Waals surface area contributed by atoms with Gasteiger partial charge in [-0.25, -0.2) is 13.4 Å². The molecule has 1 saturated heterocycles. The van der Waals surface area contributed by atoms with E-state index in [1.54, 1.807) is 17.5 Å². The Balaban J connectivity index is 1.70. The van der Waals surface area contributed by atoms with Crippen LogP contribution in [0.15, 0.2) is 54.7 Å². The van der Waals surface area contributed by atoms with Gasteiger partial charge in [-0.3, -0.25) is 0 Å². The number of anilines is 1. The summed E-state index contributed by atoms with van der Waals surface area (Å²) in [5.74, 6) is 0.959. The number of pyridine rings is 1. The van der Waals surface area contributed by atoms with E-state index in [9.17, 15) is 8.42 Å². The van der Waals surface area contributed by atoms with E-state index in [0.29, 0.717) is 6.54 Å². The van der Waals surface area contributed by atoms with Gasteiger partial charge in [0.15, 0.2) is 0 Å². The highest BCUT2D eigenvalue weighted by Crippen LogP contribution is 2.22. The average molecular weight is 345 g/mol. The zero-order valence-corrected chi connectivity index (χ0v) is 14.7. The third-order valence-corrected chi connectivity index (χ3v) is 6.39. The molecule has 5 nitrogen and oxygen atoms in total. The highest BCUT2D eigenvalue weighted by molar-refractivity contribution is 7.88. The van der Waals surface area contributed by atoms with Crippen molar-refractivity contribution in [3.8, 4) is 0 Å². The fraction of sp³-hybridized carbons (Fsp3) is 0.389. The molecule has 0 aliphatic carbocycles. The summed E-state index contributed by atoms with van der Waals surface area (Å²) in [5, 5.41) is 0. The molecular formula is C18H23N3O2S. The summed E-state index contributed by atoms with van der Waals surface area (Å²) in [6, 6.07) is 15.1. The minimum Gasteiger partial charge on any atom is -0.355 e. The Morgan fingerprint density at radius 3 is 2.62 bits per heavy atom. The molecule has 0 radical (unpaired) electrons.